The van der Waals surface area contributed by atoms with Crippen molar-refractivity contribution in [2.45, 2.75) is 6.92 Å². The summed E-state index contributed by atoms with van der Waals surface area (Å²) in [6.07, 6.45) is 0. The van der Waals surface area contributed by atoms with E-state index in [1.807, 2.05) is 0 Å². The molecule has 0 aliphatic carbocycles. The highest BCUT2D eigenvalue weighted by Gasteiger charge is 2.16. The number of nitro groups is 2. The summed E-state index contributed by atoms with van der Waals surface area (Å²) in [6.45, 7) is 1.83. The Morgan fingerprint density at radius 1 is 0.964 bits per heavy atom. The lowest BCUT2D eigenvalue weighted by Crippen LogP contribution is -2.05. The fourth-order valence-corrected chi connectivity index (χ4v) is 2.18. The molecule has 0 heterocycles. The Bertz CT molecular complexity index is 933. The highest BCUT2D eigenvalue weighted by atomic mass is 35.5. The average molecular weight is 431 g/mol. The number of nitro benzene ring substituents is 2. The molecule has 0 saturated heterocycles. The molecule has 0 aliphatic heterocycles. The van der Waals surface area contributed by atoms with Crippen LogP contribution in [0.1, 0.15) is 27.6 Å². The topological polar surface area (TPSA) is 150 Å². The number of hydrogen-bond acceptors (Lipinski definition) is 7. The molecule has 0 bridgehead atoms. The number of esters is 1. The van der Waals surface area contributed by atoms with E-state index in [1.165, 1.54) is 18.2 Å². The van der Waals surface area contributed by atoms with Gasteiger partial charge in [0, 0.05) is 24.3 Å². The van der Waals surface area contributed by atoms with Gasteiger partial charge in [-0.3, -0.25) is 20.2 Å². The summed E-state index contributed by atoms with van der Waals surface area (Å²) < 4.78 is 4.70. The van der Waals surface area contributed by atoms with Gasteiger partial charge in [0.15, 0.2) is 0 Å². The first-order valence-corrected chi connectivity index (χ1v) is 8.12. The lowest BCUT2D eigenvalue weighted by atomic mass is 10.2. The molecule has 2 aromatic rings. The van der Waals surface area contributed by atoms with Gasteiger partial charge in [-0.05, 0) is 19.1 Å². The number of ether oxygens (including phenoxy) is 1. The standard InChI is InChI=1S/C9H8ClNO4.C7H4ClNO4/c1-2-15-9(12)7-5-6(11(13)14)3-4-8(7)10;8-6-2-1-4(9(12)13)3-5(6)7(10)11/h3-5H,2H2,1H3;1-3H,(H,10,11). The normalized spacial score (nSPS) is 9.68. The fourth-order valence-electron chi connectivity index (χ4n) is 1.78. The van der Waals surface area contributed by atoms with E-state index in [1.54, 1.807) is 6.92 Å². The molecule has 2 aromatic carbocycles. The first-order valence-electron chi connectivity index (χ1n) is 7.36. The first-order chi connectivity index (χ1) is 13.1. The molecule has 12 heteroatoms. The molecule has 0 amide bonds. The molecule has 0 saturated carbocycles. The summed E-state index contributed by atoms with van der Waals surface area (Å²) in [6, 6.07) is 6.87. The van der Waals surface area contributed by atoms with E-state index in [0.29, 0.717) is 0 Å². The summed E-state index contributed by atoms with van der Waals surface area (Å²) in [5.74, 6) is -1.94. The minimum absolute atomic E-state index is 0.00715. The quantitative estimate of drug-likeness (QED) is 0.416. The molecule has 0 spiro atoms. The van der Waals surface area contributed by atoms with Crippen LogP contribution in [0.4, 0.5) is 11.4 Å². The van der Waals surface area contributed by atoms with Crippen LogP contribution in [0, 0.1) is 20.2 Å². The number of carboxylic acids is 1. The molecule has 0 fully saturated rings. The number of carbonyl (C=O) groups excluding carboxylic acids is 1. The van der Waals surface area contributed by atoms with Gasteiger partial charge in [0.25, 0.3) is 11.4 Å². The third kappa shape index (κ3) is 6.18. The van der Waals surface area contributed by atoms with Crippen LogP contribution in [0.15, 0.2) is 36.4 Å². The Morgan fingerprint density at radius 3 is 1.79 bits per heavy atom. The van der Waals surface area contributed by atoms with Crippen molar-refractivity contribution < 1.29 is 29.3 Å². The first kappa shape index (κ1) is 22.8. The molecular formula is C16H12Cl2N2O8. The van der Waals surface area contributed by atoms with Crippen molar-refractivity contribution in [3.8, 4) is 0 Å². The monoisotopic (exact) mass is 430 g/mol. The Hall–Kier alpha value is -3.24. The summed E-state index contributed by atoms with van der Waals surface area (Å²) in [4.78, 5) is 41.2. The molecule has 0 radical (unpaired) electrons. The van der Waals surface area contributed by atoms with Crippen molar-refractivity contribution in [1.82, 2.24) is 0 Å². The lowest BCUT2D eigenvalue weighted by molar-refractivity contribution is -0.385. The Labute approximate surface area is 167 Å². The van der Waals surface area contributed by atoms with Crippen molar-refractivity contribution in [1.29, 1.82) is 0 Å². The van der Waals surface area contributed by atoms with E-state index in [0.717, 1.165) is 18.2 Å². The summed E-state index contributed by atoms with van der Waals surface area (Å²) in [5, 5.41) is 29.4. The molecule has 0 aromatic heterocycles. The van der Waals surface area contributed by atoms with Crippen LogP contribution in [-0.2, 0) is 4.74 Å². The van der Waals surface area contributed by atoms with Crippen LogP contribution in [0.5, 0.6) is 0 Å². The van der Waals surface area contributed by atoms with Gasteiger partial charge in [0.2, 0.25) is 0 Å². The van der Waals surface area contributed by atoms with Crippen molar-refractivity contribution in [2.24, 2.45) is 0 Å². The maximum absolute atomic E-state index is 11.3. The largest absolute Gasteiger partial charge is 0.478 e. The van der Waals surface area contributed by atoms with Crippen molar-refractivity contribution >= 4 is 46.5 Å². The second kappa shape index (κ2) is 10.2. The Balaban J connectivity index is 0.000000283. The minimum atomic E-state index is -1.28. The Kier molecular flexibility index (Phi) is 8.29. The summed E-state index contributed by atoms with van der Waals surface area (Å²) in [7, 11) is 0. The Morgan fingerprint density at radius 2 is 1.39 bits per heavy atom. The predicted octanol–water partition coefficient (Wildman–Crippen LogP) is 4.37. The molecule has 0 atom stereocenters. The van der Waals surface area contributed by atoms with E-state index < -0.39 is 21.8 Å². The predicted molar refractivity (Wildman–Crippen MR) is 99.1 cm³/mol. The lowest BCUT2D eigenvalue weighted by Gasteiger charge is -2.03. The SMILES string of the molecule is CCOC(=O)c1cc([N+](=O)[O-])ccc1Cl.O=C(O)c1cc([N+](=O)[O-])ccc1Cl. The maximum Gasteiger partial charge on any atom is 0.339 e. The number of carboxylic acid groups (broad SMARTS) is 1. The molecule has 0 unspecified atom stereocenters. The third-order valence-corrected chi connectivity index (χ3v) is 3.71. The highest BCUT2D eigenvalue weighted by Crippen LogP contribution is 2.23. The fraction of sp³-hybridized carbons (Fsp3) is 0.125. The van der Waals surface area contributed by atoms with Gasteiger partial charge in [0.1, 0.15) is 0 Å². The number of non-ortho nitro benzene ring substituents is 2. The molecule has 28 heavy (non-hydrogen) atoms. The molecule has 0 aliphatic rings. The summed E-state index contributed by atoms with van der Waals surface area (Å²) >= 11 is 11.2. The van der Waals surface area contributed by atoms with Crippen molar-refractivity contribution in [3.63, 3.8) is 0 Å². The molecule has 10 nitrogen and oxygen atoms in total. The van der Waals surface area contributed by atoms with Crippen LogP contribution in [-0.4, -0.2) is 33.5 Å². The van der Waals surface area contributed by atoms with Gasteiger partial charge in [0.05, 0.1) is 37.6 Å². The minimum Gasteiger partial charge on any atom is -0.478 e. The zero-order chi connectivity index (χ0) is 21.4. The second-order valence-corrected chi connectivity index (χ2v) is 5.68. The zero-order valence-electron chi connectivity index (χ0n) is 14.1. The number of aromatic carboxylic acids is 1. The van der Waals surface area contributed by atoms with Gasteiger partial charge < -0.3 is 9.84 Å². The average Bonchev–Trinajstić information content (AvgIpc) is 2.62. The number of nitrogens with zero attached hydrogens (tertiary/aromatic N) is 2. The molecule has 2 rings (SSSR count). The van der Waals surface area contributed by atoms with Crippen LogP contribution >= 0.6 is 23.2 Å². The van der Waals surface area contributed by atoms with Crippen LogP contribution in [0.2, 0.25) is 10.0 Å². The number of rotatable bonds is 5. The van der Waals surface area contributed by atoms with Crippen molar-refractivity contribution in [2.75, 3.05) is 6.61 Å². The van der Waals surface area contributed by atoms with Gasteiger partial charge in [-0.15, -0.1) is 0 Å². The van der Waals surface area contributed by atoms with E-state index in [-0.39, 0.29) is 39.2 Å². The van der Waals surface area contributed by atoms with Crippen molar-refractivity contribution in [3.05, 3.63) is 77.8 Å². The maximum atomic E-state index is 11.3. The van der Waals surface area contributed by atoms with E-state index in [2.05, 4.69) is 0 Å². The molecule has 1 N–H and O–H groups in total. The smallest absolute Gasteiger partial charge is 0.339 e. The second-order valence-electron chi connectivity index (χ2n) is 4.87. The number of halogens is 2. The molecular weight excluding hydrogens is 419 g/mol. The van der Waals surface area contributed by atoms with E-state index in [4.69, 9.17) is 33.0 Å². The number of hydrogen-bond donors (Lipinski definition) is 1. The van der Waals surface area contributed by atoms with E-state index >= 15 is 0 Å². The van der Waals surface area contributed by atoms with Crippen LogP contribution < -0.4 is 0 Å². The zero-order valence-corrected chi connectivity index (χ0v) is 15.6. The summed E-state index contributed by atoms with van der Waals surface area (Å²) in [5.41, 5.74) is -0.743. The van der Waals surface area contributed by atoms with Crippen LogP contribution in [0.3, 0.4) is 0 Å². The van der Waals surface area contributed by atoms with Gasteiger partial charge >= 0.3 is 11.9 Å². The highest BCUT2D eigenvalue weighted by molar-refractivity contribution is 6.34. The number of benzene rings is 2. The van der Waals surface area contributed by atoms with Gasteiger partial charge in [-0.2, -0.15) is 0 Å². The van der Waals surface area contributed by atoms with Gasteiger partial charge in [-0.1, -0.05) is 23.2 Å². The van der Waals surface area contributed by atoms with Gasteiger partial charge in [-0.25, -0.2) is 9.59 Å². The molecule has 148 valence electrons. The third-order valence-electron chi connectivity index (χ3n) is 3.05. The number of carbonyl (C=O) groups is 2. The van der Waals surface area contributed by atoms with Crippen LogP contribution in [0.25, 0.3) is 0 Å². The van der Waals surface area contributed by atoms with E-state index in [9.17, 15) is 29.8 Å².